The van der Waals surface area contributed by atoms with E-state index in [-0.39, 0.29) is 11.8 Å². The molecule has 0 spiro atoms. The average Bonchev–Trinajstić information content (AvgIpc) is 1.85. The van der Waals surface area contributed by atoms with Gasteiger partial charge in [-0.3, -0.25) is 4.79 Å². The molecule has 0 aromatic rings. The second-order valence-corrected chi connectivity index (χ2v) is 2.18. The number of carbonyl (C=O) groups is 1. The molecule has 2 N–H and O–H groups in total. The van der Waals surface area contributed by atoms with Gasteiger partial charge < -0.3 is 10.5 Å². The van der Waals surface area contributed by atoms with Crippen molar-refractivity contribution >= 4 is 5.78 Å². The van der Waals surface area contributed by atoms with Gasteiger partial charge in [0.25, 0.3) is 0 Å². The third-order valence-electron chi connectivity index (χ3n) is 1.18. The summed E-state index contributed by atoms with van der Waals surface area (Å²) in [6.07, 6.45) is 0.298. The second-order valence-electron chi connectivity index (χ2n) is 2.18. The predicted octanol–water partition coefficient (Wildman–Crippen LogP) is 0.453. The van der Waals surface area contributed by atoms with E-state index in [1.807, 2.05) is 0 Å². The molecule has 58 valence electrons. The molecule has 0 saturated heterocycles. The van der Waals surface area contributed by atoms with E-state index in [1.54, 1.807) is 0 Å². The highest BCUT2D eigenvalue weighted by molar-refractivity contribution is 5.76. The molecular weight excluding hydrogens is 130 g/mol. The van der Waals surface area contributed by atoms with Crippen LogP contribution in [0, 0.1) is 0 Å². The van der Waals surface area contributed by atoms with E-state index in [1.165, 1.54) is 14.0 Å². The lowest BCUT2D eigenvalue weighted by atomic mass is 10.1. The Balaban J connectivity index is 3.72. The Morgan fingerprint density at radius 3 is 2.60 bits per heavy atom. The minimum Gasteiger partial charge on any atom is -0.500 e. The van der Waals surface area contributed by atoms with Crippen LogP contribution in [0.3, 0.4) is 0 Å². The van der Waals surface area contributed by atoms with Crippen LogP contribution in [0.25, 0.3) is 0 Å². The standard InChI is InChI=1S/C7H13NO2/c1-5(9)4-7(8)6(2)10-3/h7H,2,4,8H2,1,3H3. The van der Waals surface area contributed by atoms with E-state index < -0.39 is 0 Å². The number of nitrogens with two attached hydrogens (primary N) is 1. The maximum absolute atomic E-state index is 10.5. The Morgan fingerprint density at radius 1 is 1.80 bits per heavy atom. The van der Waals surface area contributed by atoms with Gasteiger partial charge in [0, 0.05) is 6.42 Å². The molecule has 0 aliphatic heterocycles. The Bertz CT molecular complexity index is 143. The third-order valence-corrected chi connectivity index (χ3v) is 1.18. The van der Waals surface area contributed by atoms with Crippen molar-refractivity contribution in [2.45, 2.75) is 19.4 Å². The van der Waals surface area contributed by atoms with Crippen LogP contribution >= 0.6 is 0 Å². The van der Waals surface area contributed by atoms with Crippen molar-refractivity contribution in [1.29, 1.82) is 0 Å². The van der Waals surface area contributed by atoms with Crippen molar-refractivity contribution in [1.82, 2.24) is 0 Å². The van der Waals surface area contributed by atoms with Gasteiger partial charge >= 0.3 is 0 Å². The number of hydrogen-bond acceptors (Lipinski definition) is 3. The van der Waals surface area contributed by atoms with Crippen LogP contribution < -0.4 is 5.73 Å². The molecule has 0 fully saturated rings. The van der Waals surface area contributed by atoms with Crippen LogP contribution in [0.2, 0.25) is 0 Å². The normalized spacial score (nSPS) is 12.3. The lowest BCUT2D eigenvalue weighted by molar-refractivity contribution is -0.117. The van der Waals surface area contributed by atoms with E-state index in [2.05, 4.69) is 6.58 Å². The first-order chi connectivity index (χ1) is 4.57. The number of ether oxygens (including phenoxy) is 1. The summed E-state index contributed by atoms with van der Waals surface area (Å²) >= 11 is 0. The first-order valence-electron chi connectivity index (χ1n) is 3.05. The summed E-state index contributed by atoms with van der Waals surface area (Å²) in [4.78, 5) is 10.5. The van der Waals surface area contributed by atoms with Crippen LogP contribution in [0.15, 0.2) is 12.3 Å². The zero-order valence-electron chi connectivity index (χ0n) is 6.39. The lowest BCUT2D eigenvalue weighted by Crippen LogP contribution is -2.25. The van der Waals surface area contributed by atoms with Crippen molar-refractivity contribution in [2.75, 3.05) is 7.11 Å². The fourth-order valence-corrected chi connectivity index (χ4v) is 0.575. The molecule has 0 amide bonds. The highest BCUT2D eigenvalue weighted by atomic mass is 16.5. The molecule has 0 radical (unpaired) electrons. The van der Waals surface area contributed by atoms with Gasteiger partial charge in [-0.25, -0.2) is 0 Å². The summed E-state index contributed by atoms with van der Waals surface area (Å²) in [6, 6.07) is -0.359. The van der Waals surface area contributed by atoms with E-state index in [0.717, 1.165) is 0 Å². The maximum atomic E-state index is 10.5. The van der Waals surface area contributed by atoms with E-state index in [4.69, 9.17) is 10.5 Å². The molecule has 0 bridgehead atoms. The van der Waals surface area contributed by atoms with Gasteiger partial charge in [-0.2, -0.15) is 0 Å². The zero-order chi connectivity index (χ0) is 8.15. The number of Topliss-reactive ketones (excluding diaryl/α,β-unsaturated/α-hetero) is 1. The van der Waals surface area contributed by atoms with E-state index >= 15 is 0 Å². The summed E-state index contributed by atoms with van der Waals surface area (Å²) in [5.41, 5.74) is 5.48. The van der Waals surface area contributed by atoms with Gasteiger partial charge in [-0.1, -0.05) is 6.58 Å². The van der Waals surface area contributed by atoms with Crippen molar-refractivity contribution in [2.24, 2.45) is 5.73 Å². The molecule has 0 heterocycles. The van der Waals surface area contributed by atoms with Gasteiger partial charge in [-0.05, 0) is 6.92 Å². The Kier molecular flexibility index (Phi) is 3.72. The molecule has 3 heteroatoms. The molecule has 10 heavy (non-hydrogen) atoms. The number of ketones is 1. The summed E-state index contributed by atoms with van der Waals surface area (Å²) in [5.74, 6) is 0.501. The van der Waals surface area contributed by atoms with E-state index in [0.29, 0.717) is 12.2 Å². The van der Waals surface area contributed by atoms with Crippen LogP contribution in [0.4, 0.5) is 0 Å². The van der Waals surface area contributed by atoms with Crippen LogP contribution in [0.5, 0.6) is 0 Å². The van der Waals surface area contributed by atoms with Gasteiger partial charge in [0.2, 0.25) is 0 Å². The number of rotatable bonds is 4. The third kappa shape index (κ3) is 3.25. The minimum atomic E-state index is -0.359. The SMILES string of the molecule is C=C(OC)C(N)CC(C)=O. The van der Waals surface area contributed by atoms with Crippen molar-refractivity contribution < 1.29 is 9.53 Å². The van der Waals surface area contributed by atoms with Crippen LogP contribution in [0.1, 0.15) is 13.3 Å². The second kappa shape index (κ2) is 4.06. The summed E-state index contributed by atoms with van der Waals surface area (Å²) in [6.45, 7) is 5.02. The number of methoxy groups -OCH3 is 1. The highest BCUT2D eigenvalue weighted by Gasteiger charge is 2.08. The van der Waals surface area contributed by atoms with Gasteiger partial charge in [0.05, 0.1) is 13.2 Å². The monoisotopic (exact) mass is 143 g/mol. The van der Waals surface area contributed by atoms with Gasteiger partial charge in [-0.15, -0.1) is 0 Å². The van der Waals surface area contributed by atoms with Gasteiger partial charge in [0.1, 0.15) is 11.5 Å². The smallest absolute Gasteiger partial charge is 0.131 e. The summed E-state index contributed by atoms with van der Waals surface area (Å²) < 4.78 is 4.74. The minimum absolute atomic E-state index is 0.0469. The molecule has 1 atom stereocenters. The Morgan fingerprint density at radius 2 is 2.30 bits per heavy atom. The fraction of sp³-hybridized carbons (Fsp3) is 0.571. The quantitative estimate of drug-likeness (QED) is 0.581. The molecule has 0 rings (SSSR count). The Hall–Kier alpha value is -0.830. The van der Waals surface area contributed by atoms with Crippen molar-refractivity contribution in [3.8, 4) is 0 Å². The van der Waals surface area contributed by atoms with E-state index in [9.17, 15) is 4.79 Å². The number of carbonyl (C=O) groups excluding carboxylic acids is 1. The predicted molar refractivity (Wildman–Crippen MR) is 39.4 cm³/mol. The molecule has 0 aliphatic carbocycles. The molecule has 1 unspecified atom stereocenters. The maximum Gasteiger partial charge on any atom is 0.131 e. The number of hydrogen-bond donors (Lipinski definition) is 1. The van der Waals surface area contributed by atoms with Crippen molar-refractivity contribution in [3.63, 3.8) is 0 Å². The highest BCUT2D eigenvalue weighted by Crippen LogP contribution is 2.01. The first kappa shape index (κ1) is 9.17. The molecular formula is C7H13NO2. The first-order valence-corrected chi connectivity index (χ1v) is 3.05. The zero-order valence-corrected chi connectivity index (χ0v) is 6.39. The van der Waals surface area contributed by atoms with Crippen molar-refractivity contribution in [3.05, 3.63) is 12.3 Å². The van der Waals surface area contributed by atoms with Gasteiger partial charge in [0.15, 0.2) is 0 Å². The lowest BCUT2D eigenvalue weighted by Gasteiger charge is -2.10. The fourth-order valence-electron chi connectivity index (χ4n) is 0.575. The molecule has 0 aromatic carbocycles. The summed E-state index contributed by atoms with van der Waals surface area (Å²) in [5, 5.41) is 0. The average molecular weight is 143 g/mol. The molecule has 0 aliphatic rings. The molecule has 3 nitrogen and oxygen atoms in total. The summed E-state index contributed by atoms with van der Waals surface area (Å²) in [7, 11) is 1.49. The Labute approximate surface area is 60.9 Å². The molecule has 0 saturated carbocycles. The largest absolute Gasteiger partial charge is 0.500 e. The van der Waals surface area contributed by atoms with Crippen LogP contribution in [-0.2, 0) is 9.53 Å². The molecule has 0 aromatic heterocycles. The van der Waals surface area contributed by atoms with Crippen LogP contribution in [-0.4, -0.2) is 18.9 Å². The topological polar surface area (TPSA) is 52.3 Å².